The summed E-state index contributed by atoms with van der Waals surface area (Å²) in [6, 6.07) is -0.744. The van der Waals surface area contributed by atoms with Crippen molar-refractivity contribution in [3.63, 3.8) is 0 Å². The van der Waals surface area contributed by atoms with Gasteiger partial charge in [-0.25, -0.2) is 4.79 Å². The second-order valence-electron chi connectivity index (χ2n) is 3.43. The van der Waals surface area contributed by atoms with E-state index in [-0.39, 0.29) is 5.91 Å². The molecular formula is C11H19NO3. The summed E-state index contributed by atoms with van der Waals surface area (Å²) in [6.07, 6.45) is 4.81. The van der Waals surface area contributed by atoms with Crippen LogP contribution in [0.3, 0.4) is 0 Å². The molecular weight excluding hydrogens is 194 g/mol. The maximum absolute atomic E-state index is 11.3. The lowest BCUT2D eigenvalue weighted by Crippen LogP contribution is -2.40. The number of carboxylic acids is 1. The van der Waals surface area contributed by atoms with Gasteiger partial charge in [0.2, 0.25) is 5.91 Å². The maximum atomic E-state index is 11.3. The predicted molar refractivity (Wildman–Crippen MR) is 58.5 cm³/mol. The molecule has 0 bridgehead atoms. The highest BCUT2D eigenvalue weighted by atomic mass is 16.4. The number of hydrogen-bond acceptors (Lipinski definition) is 2. The first kappa shape index (κ1) is 13.7. The number of carbonyl (C=O) groups is 2. The van der Waals surface area contributed by atoms with Crippen molar-refractivity contribution in [2.45, 2.75) is 45.1 Å². The van der Waals surface area contributed by atoms with E-state index in [1.807, 2.05) is 6.92 Å². The molecule has 0 aromatic carbocycles. The van der Waals surface area contributed by atoms with E-state index in [0.29, 0.717) is 19.3 Å². The summed E-state index contributed by atoms with van der Waals surface area (Å²) in [4.78, 5) is 22.0. The van der Waals surface area contributed by atoms with E-state index >= 15 is 0 Å². The molecule has 0 aromatic heterocycles. The van der Waals surface area contributed by atoms with E-state index < -0.39 is 12.0 Å². The largest absolute Gasteiger partial charge is 0.480 e. The first-order valence-corrected chi connectivity index (χ1v) is 5.24. The molecule has 0 saturated heterocycles. The van der Waals surface area contributed by atoms with Crippen LogP contribution in [-0.2, 0) is 9.59 Å². The van der Waals surface area contributed by atoms with Gasteiger partial charge < -0.3 is 10.4 Å². The zero-order chi connectivity index (χ0) is 11.7. The molecule has 0 aromatic rings. The minimum absolute atomic E-state index is 0.197. The van der Waals surface area contributed by atoms with Gasteiger partial charge in [-0.2, -0.15) is 0 Å². The minimum atomic E-state index is -0.964. The highest BCUT2D eigenvalue weighted by Gasteiger charge is 2.17. The van der Waals surface area contributed by atoms with Gasteiger partial charge in [0.05, 0.1) is 0 Å². The second kappa shape index (κ2) is 8.03. The summed E-state index contributed by atoms with van der Waals surface area (Å²) in [6.45, 7) is 5.44. The van der Waals surface area contributed by atoms with Gasteiger partial charge in [-0.15, -0.1) is 6.58 Å². The third-order valence-corrected chi connectivity index (χ3v) is 2.02. The van der Waals surface area contributed by atoms with Crippen LogP contribution in [0.5, 0.6) is 0 Å². The predicted octanol–water partition coefficient (Wildman–Crippen LogP) is 1.71. The lowest BCUT2D eigenvalue weighted by molar-refractivity contribution is -0.142. The Hall–Kier alpha value is -1.32. The molecule has 0 heterocycles. The number of hydrogen-bond donors (Lipinski definition) is 2. The lowest BCUT2D eigenvalue weighted by atomic mass is 10.1. The van der Waals surface area contributed by atoms with Crippen LogP contribution in [0, 0.1) is 0 Å². The molecule has 0 radical (unpaired) electrons. The maximum Gasteiger partial charge on any atom is 0.326 e. The molecule has 0 saturated carbocycles. The number of carboxylic acid groups (broad SMARTS) is 1. The summed E-state index contributed by atoms with van der Waals surface area (Å²) in [5, 5.41) is 11.3. The van der Waals surface area contributed by atoms with Crippen molar-refractivity contribution < 1.29 is 14.7 Å². The zero-order valence-corrected chi connectivity index (χ0v) is 9.16. The van der Waals surface area contributed by atoms with Crippen LogP contribution in [0.15, 0.2) is 12.7 Å². The van der Waals surface area contributed by atoms with E-state index in [9.17, 15) is 9.59 Å². The Morgan fingerprint density at radius 3 is 2.67 bits per heavy atom. The summed E-state index contributed by atoms with van der Waals surface area (Å²) in [5.41, 5.74) is 0. The van der Waals surface area contributed by atoms with Crippen molar-refractivity contribution in [1.82, 2.24) is 5.32 Å². The van der Waals surface area contributed by atoms with Crippen LogP contribution >= 0.6 is 0 Å². The standard InChI is InChI=1S/C11H19NO3/c1-3-5-6-8-10(13)12-9(7-4-2)11(14)15/h3,9H,1,4-8H2,2H3,(H,12,13)(H,14,15). The summed E-state index contributed by atoms with van der Waals surface area (Å²) in [5.74, 6) is -1.16. The van der Waals surface area contributed by atoms with Crippen LogP contribution in [0.1, 0.15) is 39.0 Å². The normalized spacial score (nSPS) is 11.8. The van der Waals surface area contributed by atoms with Gasteiger partial charge in [0, 0.05) is 6.42 Å². The van der Waals surface area contributed by atoms with Crippen molar-refractivity contribution in [1.29, 1.82) is 0 Å². The fraction of sp³-hybridized carbons (Fsp3) is 0.636. The van der Waals surface area contributed by atoms with Gasteiger partial charge in [0.25, 0.3) is 0 Å². The molecule has 4 heteroatoms. The van der Waals surface area contributed by atoms with Gasteiger partial charge in [-0.05, 0) is 19.3 Å². The van der Waals surface area contributed by atoms with Gasteiger partial charge >= 0.3 is 5.97 Å². The van der Waals surface area contributed by atoms with E-state index in [2.05, 4.69) is 11.9 Å². The molecule has 0 aliphatic rings. The number of unbranched alkanes of at least 4 members (excludes halogenated alkanes) is 1. The number of aliphatic carboxylic acids is 1. The highest BCUT2D eigenvalue weighted by molar-refractivity contribution is 5.83. The number of rotatable bonds is 8. The molecule has 86 valence electrons. The van der Waals surface area contributed by atoms with E-state index in [1.54, 1.807) is 6.08 Å². The van der Waals surface area contributed by atoms with Crippen LogP contribution in [0.4, 0.5) is 0 Å². The van der Waals surface area contributed by atoms with Crippen molar-refractivity contribution >= 4 is 11.9 Å². The van der Waals surface area contributed by atoms with Crippen molar-refractivity contribution in [2.24, 2.45) is 0 Å². The van der Waals surface area contributed by atoms with Gasteiger partial charge in [0.1, 0.15) is 6.04 Å². The Labute approximate surface area is 90.4 Å². The summed E-state index contributed by atoms with van der Waals surface area (Å²) < 4.78 is 0. The molecule has 0 spiro atoms. The smallest absolute Gasteiger partial charge is 0.326 e. The van der Waals surface area contributed by atoms with Crippen LogP contribution in [0.2, 0.25) is 0 Å². The number of amides is 1. The van der Waals surface area contributed by atoms with Crippen LogP contribution in [0.25, 0.3) is 0 Å². The average Bonchev–Trinajstić information content (AvgIpc) is 2.17. The number of allylic oxidation sites excluding steroid dienone is 1. The molecule has 2 N–H and O–H groups in total. The van der Waals surface area contributed by atoms with Crippen molar-refractivity contribution in [3.8, 4) is 0 Å². The Morgan fingerprint density at radius 1 is 1.53 bits per heavy atom. The topological polar surface area (TPSA) is 66.4 Å². The fourth-order valence-electron chi connectivity index (χ4n) is 1.22. The van der Waals surface area contributed by atoms with Gasteiger partial charge in [-0.3, -0.25) is 4.79 Å². The van der Waals surface area contributed by atoms with Gasteiger partial charge in [0.15, 0.2) is 0 Å². The van der Waals surface area contributed by atoms with Crippen molar-refractivity contribution in [2.75, 3.05) is 0 Å². The highest BCUT2D eigenvalue weighted by Crippen LogP contribution is 2.00. The van der Waals surface area contributed by atoms with E-state index in [1.165, 1.54) is 0 Å². The average molecular weight is 213 g/mol. The Balaban J connectivity index is 3.88. The molecule has 0 aliphatic heterocycles. The third kappa shape index (κ3) is 6.71. The Bertz CT molecular complexity index is 226. The first-order valence-electron chi connectivity index (χ1n) is 5.24. The van der Waals surface area contributed by atoms with Crippen molar-refractivity contribution in [3.05, 3.63) is 12.7 Å². The molecule has 15 heavy (non-hydrogen) atoms. The van der Waals surface area contributed by atoms with E-state index in [0.717, 1.165) is 12.8 Å². The summed E-state index contributed by atoms with van der Waals surface area (Å²) in [7, 11) is 0. The minimum Gasteiger partial charge on any atom is -0.480 e. The van der Waals surface area contributed by atoms with Crippen LogP contribution in [-0.4, -0.2) is 23.0 Å². The van der Waals surface area contributed by atoms with Crippen LogP contribution < -0.4 is 5.32 Å². The summed E-state index contributed by atoms with van der Waals surface area (Å²) >= 11 is 0. The monoisotopic (exact) mass is 213 g/mol. The number of nitrogens with one attached hydrogen (secondary N) is 1. The fourth-order valence-corrected chi connectivity index (χ4v) is 1.22. The molecule has 1 unspecified atom stereocenters. The third-order valence-electron chi connectivity index (χ3n) is 2.02. The lowest BCUT2D eigenvalue weighted by Gasteiger charge is -2.12. The molecule has 0 fully saturated rings. The Morgan fingerprint density at radius 2 is 2.20 bits per heavy atom. The second-order valence-corrected chi connectivity index (χ2v) is 3.43. The zero-order valence-electron chi connectivity index (χ0n) is 9.16. The SMILES string of the molecule is C=CCCCC(=O)NC(CCC)C(=O)O. The molecule has 1 atom stereocenters. The quantitative estimate of drug-likeness (QED) is 0.476. The molecule has 0 aliphatic carbocycles. The first-order chi connectivity index (χ1) is 7.11. The van der Waals surface area contributed by atoms with Gasteiger partial charge in [-0.1, -0.05) is 19.4 Å². The molecule has 0 rings (SSSR count). The Kier molecular flexibility index (Phi) is 7.32. The molecule has 1 amide bonds. The number of carbonyl (C=O) groups excluding carboxylic acids is 1. The van der Waals surface area contributed by atoms with E-state index in [4.69, 9.17) is 5.11 Å². The molecule has 4 nitrogen and oxygen atoms in total.